The van der Waals surface area contributed by atoms with Gasteiger partial charge in [0.05, 0.1) is 0 Å². The number of rotatable bonds is 2. The number of carbonyl (C=O) groups excluding carboxylic acids is 1. The van der Waals surface area contributed by atoms with Crippen LogP contribution in [0.1, 0.15) is 52.4 Å². The summed E-state index contributed by atoms with van der Waals surface area (Å²) in [4.78, 5) is 17.1. The summed E-state index contributed by atoms with van der Waals surface area (Å²) in [6.45, 7) is 7.16. The lowest BCUT2D eigenvalue weighted by atomic mass is 9.97. The molecule has 0 aromatic heterocycles. The average Bonchev–Trinajstić information content (AvgIpc) is 2.78. The molecule has 1 N–H and O–H groups in total. The molecular weight excluding hydrogens is 250 g/mol. The third-order valence-corrected chi connectivity index (χ3v) is 5.40. The van der Waals surface area contributed by atoms with Crippen molar-refractivity contribution in [3.8, 4) is 0 Å². The first-order chi connectivity index (χ1) is 9.67. The van der Waals surface area contributed by atoms with Crippen LogP contribution in [-0.2, 0) is 0 Å². The molecule has 0 radical (unpaired) electrons. The Hall–Kier alpha value is -0.770. The Morgan fingerprint density at radius 3 is 2.55 bits per heavy atom. The molecule has 0 aliphatic carbocycles. The van der Waals surface area contributed by atoms with E-state index in [0.29, 0.717) is 30.1 Å². The van der Waals surface area contributed by atoms with E-state index in [1.54, 1.807) is 0 Å². The molecule has 2 bridgehead atoms. The molecule has 3 aliphatic rings. The molecule has 4 heteroatoms. The van der Waals surface area contributed by atoms with Crippen LogP contribution in [0, 0.1) is 5.92 Å². The van der Waals surface area contributed by atoms with E-state index in [1.165, 1.54) is 25.7 Å². The van der Waals surface area contributed by atoms with Crippen molar-refractivity contribution in [2.24, 2.45) is 5.92 Å². The summed E-state index contributed by atoms with van der Waals surface area (Å²) in [6.07, 6.45) is 7.34. The van der Waals surface area contributed by atoms with Crippen LogP contribution in [0.3, 0.4) is 0 Å². The molecule has 0 aromatic rings. The third-order valence-electron chi connectivity index (χ3n) is 5.40. The lowest BCUT2D eigenvalue weighted by molar-refractivity contribution is 0.102. The standard InChI is InChI=1S/C16H29N3O/c1-3-19(15-9-13-6-7-14(10-15)17-13)16(20)18-8-4-5-12(2)11-18/h12-15,17H,3-11H2,1-2H3. The SMILES string of the molecule is CCN(C(=O)N1CCCC(C)C1)C1CC2CCC(C1)N2. The monoisotopic (exact) mass is 279 g/mol. The van der Waals surface area contributed by atoms with Gasteiger partial charge in [-0.05, 0) is 51.4 Å². The van der Waals surface area contributed by atoms with Crippen LogP contribution in [0.25, 0.3) is 0 Å². The van der Waals surface area contributed by atoms with Crippen molar-refractivity contribution < 1.29 is 4.79 Å². The largest absolute Gasteiger partial charge is 0.324 e. The Bertz CT molecular complexity index is 348. The molecule has 0 saturated carbocycles. The number of piperidine rings is 2. The van der Waals surface area contributed by atoms with Gasteiger partial charge in [-0.2, -0.15) is 0 Å². The number of hydrogen-bond donors (Lipinski definition) is 1. The van der Waals surface area contributed by atoms with Gasteiger partial charge in [-0.15, -0.1) is 0 Å². The molecule has 3 fully saturated rings. The van der Waals surface area contributed by atoms with Crippen molar-refractivity contribution in [1.82, 2.24) is 15.1 Å². The summed E-state index contributed by atoms with van der Waals surface area (Å²) in [5.74, 6) is 0.663. The van der Waals surface area contributed by atoms with Crippen molar-refractivity contribution in [3.05, 3.63) is 0 Å². The van der Waals surface area contributed by atoms with Crippen molar-refractivity contribution in [2.45, 2.75) is 70.5 Å². The Balaban J connectivity index is 1.64. The van der Waals surface area contributed by atoms with Crippen molar-refractivity contribution in [2.75, 3.05) is 19.6 Å². The third kappa shape index (κ3) is 2.80. The van der Waals surface area contributed by atoms with Gasteiger partial charge in [0.25, 0.3) is 0 Å². The van der Waals surface area contributed by atoms with E-state index in [0.717, 1.165) is 32.5 Å². The Labute approximate surface area is 122 Å². The molecule has 2 amide bonds. The van der Waals surface area contributed by atoms with Crippen molar-refractivity contribution in [1.29, 1.82) is 0 Å². The molecule has 4 nitrogen and oxygen atoms in total. The molecular formula is C16H29N3O. The van der Waals surface area contributed by atoms with Crippen LogP contribution < -0.4 is 5.32 Å². The Kier molecular flexibility index (Phi) is 4.20. The summed E-state index contributed by atoms with van der Waals surface area (Å²) in [6, 6.07) is 2.07. The number of urea groups is 1. The number of nitrogens with zero attached hydrogens (tertiary/aromatic N) is 2. The normalized spacial score (nSPS) is 37.0. The van der Waals surface area contributed by atoms with Crippen molar-refractivity contribution >= 4 is 6.03 Å². The maximum atomic E-state index is 12.8. The molecule has 3 rings (SSSR count). The first kappa shape index (κ1) is 14.2. The quantitative estimate of drug-likeness (QED) is 0.843. The molecule has 3 heterocycles. The maximum Gasteiger partial charge on any atom is 0.320 e. The highest BCUT2D eigenvalue weighted by atomic mass is 16.2. The fourth-order valence-electron chi connectivity index (χ4n) is 4.38. The predicted molar refractivity (Wildman–Crippen MR) is 80.7 cm³/mol. The minimum absolute atomic E-state index is 0.297. The molecule has 0 aromatic carbocycles. The van der Waals surface area contributed by atoms with Gasteiger partial charge in [0.1, 0.15) is 0 Å². The first-order valence-corrected chi connectivity index (χ1v) is 8.49. The fourth-order valence-corrected chi connectivity index (χ4v) is 4.38. The lowest BCUT2D eigenvalue weighted by Gasteiger charge is -2.41. The molecule has 3 aliphatic heterocycles. The van der Waals surface area contributed by atoms with Crippen LogP contribution in [0.2, 0.25) is 0 Å². The van der Waals surface area contributed by atoms with Crippen LogP contribution in [0.5, 0.6) is 0 Å². The number of fused-ring (bicyclic) bond motifs is 2. The summed E-state index contributed by atoms with van der Waals surface area (Å²) in [5, 5.41) is 3.67. The fraction of sp³-hybridized carbons (Fsp3) is 0.938. The number of amides is 2. The zero-order valence-electron chi connectivity index (χ0n) is 13.0. The molecule has 20 heavy (non-hydrogen) atoms. The summed E-state index contributed by atoms with van der Waals surface area (Å²) < 4.78 is 0. The number of carbonyl (C=O) groups is 1. The Morgan fingerprint density at radius 2 is 1.95 bits per heavy atom. The summed E-state index contributed by atoms with van der Waals surface area (Å²) >= 11 is 0. The molecule has 3 unspecified atom stereocenters. The Morgan fingerprint density at radius 1 is 1.25 bits per heavy atom. The van der Waals surface area contributed by atoms with Gasteiger partial charge in [-0.3, -0.25) is 0 Å². The van der Waals surface area contributed by atoms with Crippen LogP contribution >= 0.6 is 0 Å². The van der Waals surface area contributed by atoms with Gasteiger partial charge < -0.3 is 15.1 Å². The van der Waals surface area contributed by atoms with E-state index in [9.17, 15) is 4.79 Å². The smallest absolute Gasteiger partial charge is 0.320 e. The minimum Gasteiger partial charge on any atom is -0.324 e. The van der Waals surface area contributed by atoms with Crippen LogP contribution in [0.15, 0.2) is 0 Å². The summed E-state index contributed by atoms with van der Waals surface area (Å²) in [5.41, 5.74) is 0. The highest BCUT2D eigenvalue weighted by molar-refractivity contribution is 5.75. The predicted octanol–water partition coefficient (Wildman–Crippen LogP) is 2.44. The van der Waals surface area contributed by atoms with Crippen LogP contribution in [-0.4, -0.2) is 53.6 Å². The topological polar surface area (TPSA) is 35.6 Å². The zero-order chi connectivity index (χ0) is 14.1. The van der Waals surface area contributed by atoms with Crippen molar-refractivity contribution in [3.63, 3.8) is 0 Å². The van der Waals surface area contributed by atoms with Crippen LogP contribution in [0.4, 0.5) is 4.79 Å². The van der Waals surface area contributed by atoms with E-state index in [2.05, 4.69) is 29.0 Å². The first-order valence-electron chi connectivity index (χ1n) is 8.49. The van der Waals surface area contributed by atoms with E-state index in [-0.39, 0.29) is 0 Å². The van der Waals surface area contributed by atoms with Gasteiger partial charge in [0.2, 0.25) is 0 Å². The molecule has 114 valence electrons. The highest BCUT2D eigenvalue weighted by Crippen LogP contribution is 2.30. The van der Waals surface area contributed by atoms with E-state index >= 15 is 0 Å². The average molecular weight is 279 g/mol. The van der Waals surface area contributed by atoms with Gasteiger partial charge in [0, 0.05) is 37.8 Å². The number of nitrogens with one attached hydrogen (secondary N) is 1. The zero-order valence-corrected chi connectivity index (χ0v) is 13.0. The summed E-state index contributed by atoms with van der Waals surface area (Å²) in [7, 11) is 0. The number of likely N-dealkylation sites (tertiary alicyclic amines) is 1. The number of hydrogen-bond acceptors (Lipinski definition) is 2. The minimum atomic E-state index is 0.297. The molecule has 3 saturated heterocycles. The second-order valence-electron chi connectivity index (χ2n) is 7.03. The van der Waals surface area contributed by atoms with E-state index < -0.39 is 0 Å². The second kappa shape index (κ2) is 5.92. The second-order valence-corrected chi connectivity index (χ2v) is 7.03. The van der Waals surface area contributed by atoms with Gasteiger partial charge in [-0.1, -0.05) is 6.92 Å². The van der Waals surface area contributed by atoms with Gasteiger partial charge >= 0.3 is 6.03 Å². The maximum absolute atomic E-state index is 12.8. The lowest BCUT2D eigenvalue weighted by Crippen LogP contribution is -2.55. The van der Waals surface area contributed by atoms with E-state index in [1.807, 2.05) is 0 Å². The van der Waals surface area contributed by atoms with Gasteiger partial charge in [0.15, 0.2) is 0 Å². The highest BCUT2D eigenvalue weighted by Gasteiger charge is 2.38. The van der Waals surface area contributed by atoms with Gasteiger partial charge in [-0.25, -0.2) is 4.79 Å². The molecule has 3 atom stereocenters. The van der Waals surface area contributed by atoms with E-state index in [4.69, 9.17) is 0 Å². The molecule has 0 spiro atoms.